The van der Waals surface area contributed by atoms with E-state index >= 15 is 0 Å². The summed E-state index contributed by atoms with van der Waals surface area (Å²) in [5, 5.41) is 9.57. The minimum absolute atomic E-state index is 0.0404. The monoisotopic (exact) mass is 348 g/mol. The Hall–Kier alpha value is -2.34. The maximum atomic E-state index is 12.6. The SMILES string of the molecule is Cc1ccc(C(=O)N2CCC(c3ocnc3C(=O)O)CC2)c(Cl)c1. The molecule has 3 rings (SSSR count). The summed E-state index contributed by atoms with van der Waals surface area (Å²) in [6.07, 6.45) is 2.41. The van der Waals surface area contributed by atoms with Crippen LogP contribution in [-0.2, 0) is 0 Å². The Labute approximate surface area is 144 Å². The first kappa shape index (κ1) is 16.5. The van der Waals surface area contributed by atoms with Crippen molar-refractivity contribution in [2.24, 2.45) is 0 Å². The molecule has 126 valence electrons. The highest BCUT2D eigenvalue weighted by molar-refractivity contribution is 6.33. The molecule has 6 nitrogen and oxygen atoms in total. The summed E-state index contributed by atoms with van der Waals surface area (Å²) in [5.41, 5.74) is 1.45. The Morgan fingerprint density at radius 2 is 2.04 bits per heavy atom. The number of nitrogens with zero attached hydrogens (tertiary/aromatic N) is 2. The van der Waals surface area contributed by atoms with E-state index in [0.717, 1.165) is 12.0 Å². The van der Waals surface area contributed by atoms with E-state index < -0.39 is 5.97 Å². The fraction of sp³-hybridized carbons (Fsp3) is 0.353. The van der Waals surface area contributed by atoms with Gasteiger partial charge in [0.05, 0.1) is 10.6 Å². The second kappa shape index (κ2) is 6.65. The predicted molar refractivity (Wildman–Crippen MR) is 87.5 cm³/mol. The molecule has 0 aliphatic carbocycles. The number of carbonyl (C=O) groups is 2. The Bertz CT molecular complexity index is 779. The van der Waals surface area contributed by atoms with Crippen LogP contribution in [-0.4, -0.2) is 40.0 Å². The summed E-state index contributed by atoms with van der Waals surface area (Å²) in [7, 11) is 0. The molecular weight excluding hydrogens is 332 g/mol. The normalized spacial score (nSPS) is 15.5. The molecule has 0 radical (unpaired) electrons. The number of aromatic nitrogens is 1. The average Bonchev–Trinajstić information content (AvgIpc) is 3.04. The lowest BCUT2D eigenvalue weighted by atomic mass is 9.92. The molecule has 1 saturated heterocycles. The third-order valence-electron chi connectivity index (χ3n) is 4.31. The maximum absolute atomic E-state index is 12.6. The highest BCUT2D eigenvalue weighted by Gasteiger charge is 2.30. The molecule has 2 aromatic rings. The number of benzene rings is 1. The highest BCUT2D eigenvalue weighted by atomic mass is 35.5. The summed E-state index contributed by atoms with van der Waals surface area (Å²) in [6.45, 7) is 2.96. The van der Waals surface area contributed by atoms with Crippen molar-refractivity contribution in [3.63, 3.8) is 0 Å². The fourth-order valence-corrected chi connectivity index (χ4v) is 3.33. The van der Waals surface area contributed by atoms with Crippen molar-refractivity contribution in [2.45, 2.75) is 25.7 Å². The molecule has 1 aliphatic rings. The molecule has 0 bridgehead atoms. The Morgan fingerprint density at radius 3 is 2.67 bits per heavy atom. The van der Waals surface area contributed by atoms with Crippen molar-refractivity contribution in [2.75, 3.05) is 13.1 Å². The number of aryl methyl sites for hydroxylation is 1. The number of carbonyl (C=O) groups excluding carboxylic acids is 1. The zero-order chi connectivity index (χ0) is 17.3. The number of halogens is 1. The third-order valence-corrected chi connectivity index (χ3v) is 4.62. The molecule has 2 heterocycles. The van der Waals surface area contributed by atoms with E-state index in [0.29, 0.717) is 42.3 Å². The standard InChI is InChI=1S/C17H17ClN2O4/c1-10-2-3-12(13(18)8-10)16(21)20-6-4-11(5-7-20)15-14(17(22)23)19-9-24-15/h2-3,8-9,11H,4-7H2,1H3,(H,22,23). The van der Waals surface area contributed by atoms with E-state index in [2.05, 4.69) is 4.98 Å². The Kier molecular flexibility index (Phi) is 4.57. The molecule has 1 aliphatic heterocycles. The quantitative estimate of drug-likeness (QED) is 0.919. The second-order valence-corrected chi connectivity index (χ2v) is 6.33. The van der Waals surface area contributed by atoms with Gasteiger partial charge in [0.1, 0.15) is 5.76 Å². The number of aromatic carboxylic acids is 1. The van der Waals surface area contributed by atoms with Crippen LogP contribution in [0.3, 0.4) is 0 Å². The van der Waals surface area contributed by atoms with Gasteiger partial charge in [0.25, 0.3) is 5.91 Å². The number of likely N-dealkylation sites (tertiary alicyclic amines) is 1. The lowest BCUT2D eigenvalue weighted by Crippen LogP contribution is -2.38. The number of rotatable bonds is 3. The van der Waals surface area contributed by atoms with Gasteiger partial charge in [-0.3, -0.25) is 4.79 Å². The number of piperidine rings is 1. The molecule has 7 heteroatoms. The van der Waals surface area contributed by atoms with Gasteiger partial charge in [-0.05, 0) is 37.5 Å². The van der Waals surface area contributed by atoms with Gasteiger partial charge in [0, 0.05) is 19.0 Å². The van der Waals surface area contributed by atoms with Crippen LogP contribution in [0.4, 0.5) is 0 Å². The van der Waals surface area contributed by atoms with Gasteiger partial charge >= 0.3 is 5.97 Å². The lowest BCUT2D eigenvalue weighted by molar-refractivity contribution is 0.0671. The van der Waals surface area contributed by atoms with E-state index in [-0.39, 0.29) is 17.5 Å². The third kappa shape index (κ3) is 3.14. The van der Waals surface area contributed by atoms with Crippen molar-refractivity contribution >= 4 is 23.5 Å². The van der Waals surface area contributed by atoms with Gasteiger partial charge in [0.15, 0.2) is 12.1 Å². The lowest BCUT2D eigenvalue weighted by Gasteiger charge is -2.31. The van der Waals surface area contributed by atoms with Gasteiger partial charge in [-0.1, -0.05) is 17.7 Å². The summed E-state index contributed by atoms with van der Waals surface area (Å²) in [6, 6.07) is 5.37. The molecule has 0 saturated carbocycles. The number of oxazole rings is 1. The zero-order valence-electron chi connectivity index (χ0n) is 13.2. The molecule has 1 fully saturated rings. The minimum Gasteiger partial charge on any atom is -0.476 e. The van der Waals surface area contributed by atoms with Crippen LogP contribution in [0.2, 0.25) is 5.02 Å². The van der Waals surface area contributed by atoms with Gasteiger partial charge in [-0.2, -0.15) is 0 Å². The molecule has 1 aromatic carbocycles. The number of hydrogen-bond acceptors (Lipinski definition) is 4. The number of carboxylic acid groups (broad SMARTS) is 1. The molecule has 1 N–H and O–H groups in total. The van der Waals surface area contributed by atoms with Crippen LogP contribution in [0.5, 0.6) is 0 Å². The molecular formula is C17H17ClN2O4. The van der Waals surface area contributed by atoms with Gasteiger partial charge in [0.2, 0.25) is 0 Å². The maximum Gasteiger partial charge on any atom is 0.358 e. The molecule has 0 spiro atoms. The van der Waals surface area contributed by atoms with Crippen LogP contribution < -0.4 is 0 Å². The predicted octanol–water partition coefficient (Wildman–Crippen LogP) is 3.35. The number of hydrogen-bond donors (Lipinski definition) is 1. The van der Waals surface area contributed by atoms with Gasteiger partial charge < -0.3 is 14.4 Å². The van der Waals surface area contributed by atoms with Crippen molar-refractivity contribution in [3.8, 4) is 0 Å². The van der Waals surface area contributed by atoms with Crippen LogP contribution >= 0.6 is 11.6 Å². The Balaban J connectivity index is 1.69. The summed E-state index contributed by atoms with van der Waals surface area (Å²) in [5.74, 6) is -0.850. The largest absolute Gasteiger partial charge is 0.476 e. The molecule has 24 heavy (non-hydrogen) atoms. The van der Waals surface area contributed by atoms with Crippen molar-refractivity contribution in [1.82, 2.24) is 9.88 Å². The number of carboxylic acids is 1. The van der Waals surface area contributed by atoms with E-state index in [1.54, 1.807) is 17.0 Å². The highest BCUT2D eigenvalue weighted by Crippen LogP contribution is 2.31. The molecule has 1 aromatic heterocycles. The fourth-order valence-electron chi connectivity index (χ4n) is 3.01. The average molecular weight is 349 g/mol. The van der Waals surface area contributed by atoms with Crippen LogP contribution in [0.1, 0.15) is 50.9 Å². The zero-order valence-corrected chi connectivity index (χ0v) is 13.9. The topological polar surface area (TPSA) is 83.6 Å². The van der Waals surface area contributed by atoms with Gasteiger partial charge in [-0.15, -0.1) is 0 Å². The van der Waals surface area contributed by atoms with Crippen molar-refractivity contribution in [1.29, 1.82) is 0 Å². The molecule has 0 unspecified atom stereocenters. The van der Waals surface area contributed by atoms with E-state index in [1.807, 2.05) is 13.0 Å². The summed E-state index contributed by atoms with van der Waals surface area (Å²) in [4.78, 5) is 29.2. The summed E-state index contributed by atoms with van der Waals surface area (Å²) >= 11 is 6.17. The minimum atomic E-state index is -1.09. The van der Waals surface area contributed by atoms with Crippen LogP contribution in [0.25, 0.3) is 0 Å². The van der Waals surface area contributed by atoms with Crippen LogP contribution in [0.15, 0.2) is 29.0 Å². The van der Waals surface area contributed by atoms with E-state index in [1.165, 1.54) is 0 Å². The summed E-state index contributed by atoms with van der Waals surface area (Å²) < 4.78 is 5.26. The van der Waals surface area contributed by atoms with E-state index in [4.69, 9.17) is 21.1 Å². The number of amides is 1. The van der Waals surface area contributed by atoms with Crippen LogP contribution in [0, 0.1) is 6.92 Å². The van der Waals surface area contributed by atoms with E-state index in [9.17, 15) is 9.59 Å². The Morgan fingerprint density at radius 1 is 1.33 bits per heavy atom. The van der Waals surface area contributed by atoms with Crippen molar-refractivity contribution < 1.29 is 19.1 Å². The smallest absolute Gasteiger partial charge is 0.358 e. The first-order chi connectivity index (χ1) is 11.5. The molecule has 1 amide bonds. The molecule has 0 atom stereocenters. The van der Waals surface area contributed by atoms with Crippen molar-refractivity contribution in [3.05, 3.63) is 52.2 Å². The first-order valence-corrected chi connectivity index (χ1v) is 8.07. The first-order valence-electron chi connectivity index (χ1n) is 7.69. The second-order valence-electron chi connectivity index (χ2n) is 5.92. The van der Waals surface area contributed by atoms with Gasteiger partial charge in [-0.25, -0.2) is 9.78 Å².